The lowest BCUT2D eigenvalue weighted by molar-refractivity contribution is -0.0549. The van der Waals surface area contributed by atoms with E-state index in [1.807, 2.05) is 0 Å². The molecule has 0 amide bonds. The predicted molar refractivity (Wildman–Crippen MR) is 73.8 cm³/mol. The first-order valence-corrected chi connectivity index (χ1v) is 7.60. The Morgan fingerprint density at radius 3 is 2.50 bits per heavy atom. The van der Waals surface area contributed by atoms with E-state index < -0.39 is 0 Å². The first-order valence-electron chi connectivity index (χ1n) is 7.60. The van der Waals surface area contributed by atoms with E-state index in [-0.39, 0.29) is 0 Å². The van der Waals surface area contributed by atoms with E-state index in [4.69, 9.17) is 9.47 Å². The highest BCUT2D eigenvalue weighted by atomic mass is 16.5. The van der Waals surface area contributed by atoms with Gasteiger partial charge in [-0.15, -0.1) is 0 Å². The van der Waals surface area contributed by atoms with Gasteiger partial charge < -0.3 is 9.47 Å². The zero-order valence-electron chi connectivity index (χ0n) is 12.2. The van der Waals surface area contributed by atoms with E-state index in [9.17, 15) is 0 Å². The second-order valence-electron chi connectivity index (χ2n) is 6.24. The van der Waals surface area contributed by atoms with Gasteiger partial charge in [-0.1, -0.05) is 6.92 Å². The highest BCUT2D eigenvalue weighted by Gasteiger charge is 2.27. The van der Waals surface area contributed by atoms with Gasteiger partial charge in [-0.3, -0.25) is 4.90 Å². The zero-order valence-corrected chi connectivity index (χ0v) is 12.2. The van der Waals surface area contributed by atoms with Crippen LogP contribution in [0, 0.1) is 11.8 Å². The number of rotatable bonds is 4. The average molecular weight is 255 g/mol. The third-order valence-electron chi connectivity index (χ3n) is 4.61. The SMILES string of the molecule is CC(C)N1CCOC(C[C@@H](C)C2CCOCC2)C1. The molecule has 2 atom stereocenters. The Kier molecular flexibility index (Phi) is 5.46. The van der Waals surface area contributed by atoms with E-state index in [1.165, 1.54) is 19.3 Å². The Balaban J connectivity index is 1.77. The van der Waals surface area contributed by atoms with Crippen molar-refractivity contribution in [2.24, 2.45) is 11.8 Å². The van der Waals surface area contributed by atoms with Crippen molar-refractivity contribution in [3.05, 3.63) is 0 Å². The maximum Gasteiger partial charge on any atom is 0.0705 e. The van der Waals surface area contributed by atoms with Gasteiger partial charge >= 0.3 is 0 Å². The van der Waals surface area contributed by atoms with Crippen molar-refractivity contribution in [1.82, 2.24) is 4.90 Å². The van der Waals surface area contributed by atoms with Gasteiger partial charge in [0.05, 0.1) is 12.7 Å². The molecule has 0 aromatic carbocycles. The molecule has 2 rings (SSSR count). The Morgan fingerprint density at radius 1 is 1.11 bits per heavy atom. The van der Waals surface area contributed by atoms with Crippen LogP contribution in [0.4, 0.5) is 0 Å². The molecule has 106 valence electrons. The van der Waals surface area contributed by atoms with Gasteiger partial charge in [-0.25, -0.2) is 0 Å². The monoisotopic (exact) mass is 255 g/mol. The molecule has 2 aliphatic rings. The van der Waals surface area contributed by atoms with Gasteiger partial charge in [0.25, 0.3) is 0 Å². The summed E-state index contributed by atoms with van der Waals surface area (Å²) in [5, 5.41) is 0. The van der Waals surface area contributed by atoms with Crippen LogP contribution in [0.1, 0.15) is 40.0 Å². The van der Waals surface area contributed by atoms with Gasteiger partial charge in [0, 0.05) is 32.3 Å². The third-order valence-corrected chi connectivity index (χ3v) is 4.61. The fourth-order valence-corrected chi connectivity index (χ4v) is 3.25. The van der Waals surface area contributed by atoms with Crippen molar-refractivity contribution in [1.29, 1.82) is 0 Å². The van der Waals surface area contributed by atoms with Crippen molar-refractivity contribution >= 4 is 0 Å². The molecular formula is C15H29NO2. The standard InChI is InChI=1S/C15H29NO2/c1-12(2)16-6-9-18-15(11-16)10-13(3)14-4-7-17-8-5-14/h12-15H,4-11H2,1-3H3/t13-,15?/m1/s1. The summed E-state index contributed by atoms with van der Waals surface area (Å²) in [5.41, 5.74) is 0. The maximum absolute atomic E-state index is 5.95. The maximum atomic E-state index is 5.95. The fourth-order valence-electron chi connectivity index (χ4n) is 3.25. The molecule has 2 fully saturated rings. The fraction of sp³-hybridized carbons (Fsp3) is 1.00. The molecule has 0 radical (unpaired) electrons. The van der Waals surface area contributed by atoms with Crippen LogP contribution in [-0.2, 0) is 9.47 Å². The Morgan fingerprint density at radius 2 is 1.83 bits per heavy atom. The van der Waals surface area contributed by atoms with E-state index in [2.05, 4.69) is 25.7 Å². The molecule has 0 N–H and O–H groups in total. The van der Waals surface area contributed by atoms with Crippen LogP contribution in [-0.4, -0.2) is 50.0 Å². The third kappa shape index (κ3) is 3.94. The van der Waals surface area contributed by atoms with Gasteiger partial charge in [0.2, 0.25) is 0 Å². The highest BCUT2D eigenvalue weighted by molar-refractivity contribution is 4.78. The number of nitrogens with zero attached hydrogens (tertiary/aromatic N) is 1. The summed E-state index contributed by atoms with van der Waals surface area (Å²) in [4.78, 5) is 2.55. The molecule has 0 aliphatic carbocycles. The predicted octanol–water partition coefficient (Wildman–Crippen LogP) is 2.55. The molecule has 18 heavy (non-hydrogen) atoms. The normalized spacial score (nSPS) is 29.7. The van der Waals surface area contributed by atoms with Crippen molar-refractivity contribution in [2.75, 3.05) is 32.9 Å². The summed E-state index contributed by atoms with van der Waals surface area (Å²) in [6.07, 6.45) is 4.14. The number of hydrogen-bond donors (Lipinski definition) is 0. The summed E-state index contributed by atoms with van der Waals surface area (Å²) >= 11 is 0. The second-order valence-corrected chi connectivity index (χ2v) is 6.24. The minimum absolute atomic E-state index is 0.444. The molecule has 2 aliphatic heterocycles. The topological polar surface area (TPSA) is 21.7 Å². The Bertz CT molecular complexity index is 239. The van der Waals surface area contributed by atoms with Crippen LogP contribution in [0.25, 0.3) is 0 Å². The molecule has 3 heteroatoms. The lowest BCUT2D eigenvalue weighted by Crippen LogP contribution is -2.46. The first kappa shape index (κ1) is 14.3. The quantitative estimate of drug-likeness (QED) is 0.770. The molecule has 0 bridgehead atoms. The molecule has 0 aromatic rings. The van der Waals surface area contributed by atoms with Crippen molar-refractivity contribution in [2.45, 2.75) is 52.2 Å². The minimum atomic E-state index is 0.444. The summed E-state index contributed by atoms with van der Waals surface area (Å²) in [6.45, 7) is 12.0. The number of ether oxygens (including phenoxy) is 2. The van der Waals surface area contributed by atoms with Crippen LogP contribution < -0.4 is 0 Å². The zero-order chi connectivity index (χ0) is 13.0. The Labute approximate surface area is 112 Å². The van der Waals surface area contributed by atoms with Gasteiger partial charge in [-0.2, -0.15) is 0 Å². The van der Waals surface area contributed by atoms with E-state index >= 15 is 0 Å². The van der Waals surface area contributed by atoms with Crippen LogP contribution >= 0.6 is 0 Å². The molecule has 3 nitrogen and oxygen atoms in total. The van der Waals surface area contributed by atoms with E-state index in [0.717, 1.165) is 44.7 Å². The molecule has 0 spiro atoms. The van der Waals surface area contributed by atoms with E-state index in [1.54, 1.807) is 0 Å². The molecule has 0 saturated carbocycles. The summed E-state index contributed by atoms with van der Waals surface area (Å²) in [5.74, 6) is 1.61. The number of morpholine rings is 1. The largest absolute Gasteiger partial charge is 0.381 e. The highest BCUT2D eigenvalue weighted by Crippen LogP contribution is 2.28. The second kappa shape index (κ2) is 6.88. The minimum Gasteiger partial charge on any atom is -0.381 e. The molecular weight excluding hydrogens is 226 g/mol. The summed E-state index contributed by atoms with van der Waals surface area (Å²) < 4.78 is 11.4. The van der Waals surface area contributed by atoms with Gasteiger partial charge in [-0.05, 0) is 44.9 Å². The summed E-state index contributed by atoms with van der Waals surface area (Å²) in [7, 11) is 0. The lowest BCUT2D eigenvalue weighted by atomic mass is 9.83. The van der Waals surface area contributed by atoms with Crippen molar-refractivity contribution in [3.8, 4) is 0 Å². The van der Waals surface area contributed by atoms with E-state index in [0.29, 0.717) is 12.1 Å². The van der Waals surface area contributed by atoms with Gasteiger partial charge in [0.15, 0.2) is 0 Å². The van der Waals surface area contributed by atoms with Crippen LogP contribution in [0.3, 0.4) is 0 Å². The van der Waals surface area contributed by atoms with Crippen LogP contribution in [0.2, 0.25) is 0 Å². The Hall–Kier alpha value is -0.120. The van der Waals surface area contributed by atoms with Crippen LogP contribution in [0.5, 0.6) is 0 Å². The lowest BCUT2D eigenvalue weighted by Gasteiger charge is -2.38. The molecule has 1 unspecified atom stereocenters. The van der Waals surface area contributed by atoms with Crippen molar-refractivity contribution in [3.63, 3.8) is 0 Å². The first-order chi connectivity index (χ1) is 8.66. The molecule has 2 saturated heterocycles. The molecule has 2 heterocycles. The summed E-state index contributed by atoms with van der Waals surface area (Å²) in [6, 6.07) is 0.648. The molecule has 0 aromatic heterocycles. The van der Waals surface area contributed by atoms with Gasteiger partial charge in [0.1, 0.15) is 0 Å². The average Bonchev–Trinajstić information content (AvgIpc) is 2.40. The number of hydrogen-bond acceptors (Lipinski definition) is 3. The smallest absolute Gasteiger partial charge is 0.0705 e. The van der Waals surface area contributed by atoms with Crippen LogP contribution in [0.15, 0.2) is 0 Å². The van der Waals surface area contributed by atoms with Crippen molar-refractivity contribution < 1.29 is 9.47 Å².